The minimum Gasteiger partial charge on any atom is -0.493 e. The van der Waals surface area contributed by atoms with Crippen LogP contribution in [0.15, 0.2) is 36.5 Å². The Morgan fingerprint density at radius 1 is 1.27 bits per heavy atom. The maximum absolute atomic E-state index is 14.2. The van der Waals surface area contributed by atoms with Crippen LogP contribution in [0.1, 0.15) is 68.3 Å². The smallest absolute Gasteiger partial charge is 0.145 e. The van der Waals surface area contributed by atoms with Gasteiger partial charge in [0.05, 0.1) is 12.3 Å². The molecule has 1 saturated carbocycles. The third-order valence-corrected chi connectivity index (χ3v) is 5.76. The number of hydrogen-bond donors (Lipinski definition) is 1. The van der Waals surface area contributed by atoms with Crippen molar-refractivity contribution in [2.45, 2.75) is 56.9 Å². The second kappa shape index (κ2) is 6.99. The predicted molar refractivity (Wildman–Crippen MR) is 101 cm³/mol. The van der Waals surface area contributed by atoms with E-state index in [0.29, 0.717) is 11.6 Å². The van der Waals surface area contributed by atoms with Crippen molar-refractivity contribution in [1.29, 1.82) is 0 Å². The molecule has 1 aliphatic carbocycles. The van der Waals surface area contributed by atoms with Crippen molar-refractivity contribution in [3.8, 4) is 5.75 Å². The predicted octanol–water partition coefficient (Wildman–Crippen LogP) is 4.88. The summed E-state index contributed by atoms with van der Waals surface area (Å²) in [6, 6.07) is 9.89. The van der Waals surface area contributed by atoms with Gasteiger partial charge in [-0.1, -0.05) is 32.0 Å². The highest BCUT2D eigenvalue weighted by Crippen LogP contribution is 2.48. The van der Waals surface area contributed by atoms with Gasteiger partial charge in [0.25, 0.3) is 0 Å². The lowest BCUT2D eigenvalue weighted by atomic mass is 9.93. The summed E-state index contributed by atoms with van der Waals surface area (Å²) in [5, 5.41) is 3.73. The second-order valence-corrected chi connectivity index (χ2v) is 7.96. The summed E-state index contributed by atoms with van der Waals surface area (Å²) in [6.07, 6.45) is 5.75. The van der Waals surface area contributed by atoms with E-state index in [-0.39, 0.29) is 17.3 Å². The van der Waals surface area contributed by atoms with Crippen molar-refractivity contribution >= 4 is 0 Å². The lowest BCUT2D eigenvalue weighted by Gasteiger charge is -2.24. The zero-order valence-corrected chi connectivity index (χ0v) is 15.6. The van der Waals surface area contributed by atoms with Crippen LogP contribution in [0.2, 0.25) is 0 Å². The van der Waals surface area contributed by atoms with Gasteiger partial charge in [0.15, 0.2) is 0 Å². The van der Waals surface area contributed by atoms with Crippen LogP contribution in [-0.2, 0) is 5.41 Å². The molecule has 0 bridgehead atoms. The normalized spacial score (nSPS) is 21.0. The molecule has 2 heterocycles. The number of benzene rings is 1. The molecule has 2 aliphatic rings. The maximum Gasteiger partial charge on any atom is 0.145 e. The Kier molecular flexibility index (Phi) is 4.70. The number of nitrogens with one attached hydrogen (secondary N) is 1. The highest BCUT2D eigenvalue weighted by atomic mass is 19.1. The van der Waals surface area contributed by atoms with E-state index in [1.165, 1.54) is 17.2 Å². The Morgan fingerprint density at radius 2 is 2.12 bits per heavy atom. The first kappa shape index (κ1) is 17.5. The van der Waals surface area contributed by atoms with Gasteiger partial charge in [-0.15, -0.1) is 0 Å². The number of fused-ring (bicyclic) bond motifs is 1. The molecule has 26 heavy (non-hydrogen) atoms. The fourth-order valence-electron chi connectivity index (χ4n) is 4.04. The Bertz CT molecular complexity index is 785. The number of aromatic nitrogens is 1. The van der Waals surface area contributed by atoms with Crippen molar-refractivity contribution in [3.63, 3.8) is 0 Å². The van der Waals surface area contributed by atoms with Crippen molar-refractivity contribution in [2.24, 2.45) is 0 Å². The summed E-state index contributed by atoms with van der Waals surface area (Å²) in [7, 11) is 0. The highest BCUT2D eigenvalue weighted by molar-refractivity contribution is 5.45. The van der Waals surface area contributed by atoms with E-state index in [0.717, 1.165) is 44.6 Å². The van der Waals surface area contributed by atoms with E-state index >= 15 is 0 Å². The highest BCUT2D eigenvalue weighted by Gasteiger charge is 2.47. The average molecular weight is 354 g/mol. The minimum atomic E-state index is -0.182. The van der Waals surface area contributed by atoms with Gasteiger partial charge in [-0.3, -0.25) is 4.98 Å². The van der Waals surface area contributed by atoms with Crippen LogP contribution >= 0.6 is 0 Å². The molecule has 1 aromatic heterocycles. The van der Waals surface area contributed by atoms with Gasteiger partial charge in [-0.25, -0.2) is 4.39 Å². The number of ether oxygens (including phenoxy) is 1. The standard InChI is InChI=1S/C22H27FN2O/c1-15(2)16-6-3-7-17-19(9-5-13-26-20(16)17)25-14-22(10-11-22)21-18(23)8-4-12-24-21/h3-4,6-8,12,15,19,25H,5,9-11,13-14H2,1-2H3. The molecule has 4 rings (SSSR count). The number of nitrogens with zero attached hydrogens (tertiary/aromatic N) is 1. The number of pyridine rings is 1. The number of hydrogen-bond acceptors (Lipinski definition) is 3. The van der Waals surface area contributed by atoms with Gasteiger partial charge in [0.2, 0.25) is 0 Å². The van der Waals surface area contributed by atoms with Crippen LogP contribution < -0.4 is 10.1 Å². The Hall–Kier alpha value is -1.94. The molecule has 138 valence electrons. The molecule has 0 amide bonds. The first-order valence-electron chi connectivity index (χ1n) is 9.71. The van der Waals surface area contributed by atoms with Crippen LogP contribution in [0.4, 0.5) is 4.39 Å². The van der Waals surface area contributed by atoms with E-state index in [1.807, 2.05) is 0 Å². The van der Waals surface area contributed by atoms with Gasteiger partial charge in [-0.2, -0.15) is 0 Å². The summed E-state index contributed by atoms with van der Waals surface area (Å²) >= 11 is 0. The molecule has 1 aliphatic heterocycles. The summed E-state index contributed by atoms with van der Waals surface area (Å²) in [5.41, 5.74) is 2.99. The summed E-state index contributed by atoms with van der Waals surface area (Å²) in [4.78, 5) is 4.34. The van der Waals surface area contributed by atoms with E-state index in [2.05, 4.69) is 42.3 Å². The van der Waals surface area contributed by atoms with Gasteiger partial charge in [0.1, 0.15) is 11.6 Å². The van der Waals surface area contributed by atoms with E-state index in [9.17, 15) is 4.39 Å². The first-order chi connectivity index (χ1) is 12.6. The summed E-state index contributed by atoms with van der Waals surface area (Å²) in [6.45, 7) is 5.93. The molecule has 1 atom stereocenters. The average Bonchev–Trinajstić information content (AvgIpc) is 3.44. The molecule has 4 heteroatoms. The van der Waals surface area contributed by atoms with Crippen LogP contribution in [-0.4, -0.2) is 18.1 Å². The molecule has 0 radical (unpaired) electrons. The van der Waals surface area contributed by atoms with Gasteiger partial charge >= 0.3 is 0 Å². The van der Waals surface area contributed by atoms with Gasteiger partial charge in [-0.05, 0) is 49.3 Å². The Labute approximate surface area is 155 Å². The molecule has 2 aromatic rings. The van der Waals surface area contributed by atoms with Crippen LogP contribution in [0.3, 0.4) is 0 Å². The third-order valence-electron chi connectivity index (χ3n) is 5.76. The third kappa shape index (κ3) is 3.23. The molecule has 0 saturated heterocycles. The summed E-state index contributed by atoms with van der Waals surface area (Å²) in [5.74, 6) is 1.30. The molecule has 1 unspecified atom stereocenters. The molecular weight excluding hydrogens is 327 g/mol. The van der Waals surface area contributed by atoms with E-state index < -0.39 is 0 Å². The zero-order valence-electron chi connectivity index (χ0n) is 15.6. The second-order valence-electron chi connectivity index (χ2n) is 7.96. The monoisotopic (exact) mass is 354 g/mol. The Morgan fingerprint density at radius 3 is 2.85 bits per heavy atom. The topological polar surface area (TPSA) is 34.1 Å². The van der Waals surface area contributed by atoms with Crippen LogP contribution in [0.5, 0.6) is 5.75 Å². The molecule has 1 aromatic carbocycles. The maximum atomic E-state index is 14.2. The van der Waals surface area contributed by atoms with Crippen molar-refractivity contribution in [3.05, 3.63) is 59.2 Å². The zero-order chi connectivity index (χ0) is 18.1. The van der Waals surface area contributed by atoms with Crippen molar-refractivity contribution in [1.82, 2.24) is 10.3 Å². The molecule has 1 N–H and O–H groups in total. The number of halogens is 1. The van der Waals surface area contributed by atoms with E-state index in [4.69, 9.17) is 4.74 Å². The van der Waals surface area contributed by atoms with Crippen LogP contribution in [0, 0.1) is 5.82 Å². The van der Waals surface area contributed by atoms with Gasteiger partial charge < -0.3 is 10.1 Å². The SMILES string of the molecule is CC(C)c1cccc2c1OCCCC2NCC1(c2ncccc2F)CC1. The van der Waals surface area contributed by atoms with Crippen molar-refractivity contribution < 1.29 is 9.13 Å². The molecular formula is C22H27FN2O. The fraction of sp³-hybridized carbons (Fsp3) is 0.500. The molecule has 0 spiro atoms. The quantitative estimate of drug-likeness (QED) is 0.831. The fourth-order valence-corrected chi connectivity index (χ4v) is 4.04. The first-order valence-corrected chi connectivity index (χ1v) is 9.71. The largest absolute Gasteiger partial charge is 0.493 e. The molecule has 1 fully saturated rings. The van der Waals surface area contributed by atoms with Crippen molar-refractivity contribution in [2.75, 3.05) is 13.2 Å². The number of rotatable bonds is 5. The lowest BCUT2D eigenvalue weighted by molar-refractivity contribution is 0.311. The van der Waals surface area contributed by atoms with Gasteiger partial charge in [0, 0.05) is 29.8 Å². The Balaban J connectivity index is 1.57. The van der Waals surface area contributed by atoms with E-state index in [1.54, 1.807) is 12.3 Å². The number of para-hydroxylation sites is 1. The molecule has 3 nitrogen and oxygen atoms in total. The van der Waals surface area contributed by atoms with Crippen LogP contribution in [0.25, 0.3) is 0 Å². The summed E-state index contributed by atoms with van der Waals surface area (Å²) < 4.78 is 20.3. The lowest BCUT2D eigenvalue weighted by Crippen LogP contribution is -2.31. The minimum absolute atomic E-state index is 0.145.